The topological polar surface area (TPSA) is 64.7 Å². The van der Waals surface area contributed by atoms with Crippen LogP contribution in [0.25, 0.3) is 0 Å². The fourth-order valence-electron chi connectivity index (χ4n) is 3.66. The molecule has 3 N–H and O–H groups in total. The maximum atomic E-state index is 9.35. The third-order valence-corrected chi connectivity index (χ3v) is 5.07. The third kappa shape index (κ3) is 3.62. The van der Waals surface area contributed by atoms with Gasteiger partial charge >= 0.3 is 0 Å². The Bertz CT molecular complexity index is 924. The molecule has 0 bridgehead atoms. The minimum absolute atomic E-state index is 0.0838. The highest BCUT2D eigenvalue weighted by Crippen LogP contribution is 2.39. The normalized spacial score (nSPS) is 13.5. The Morgan fingerprint density at radius 3 is 2.56 bits per heavy atom. The van der Waals surface area contributed by atoms with E-state index >= 15 is 0 Å². The van der Waals surface area contributed by atoms with Gasteiger partial charge in [-0.2, -0.15) is 0 Å². The zero-order valence-corrected chi connectivity index (χ0v) is 15.1. The van der Waals surface area contributed by atoms with Crippen molar-refractivity contribution in [2.24, 2.45) is 0 Å². The largest absolute Gasteiger partial charge is 0.454 e. The number of nitrogens with two attached hydrogens (primary N) is 1. The second kappa shape index (κ2) is 7.72. The molecule has 1 atom stereocenters. The lowest BCUT2D eigenvalue weighted by molar-refractivity contribution is 0.174. The average Bonchev–Trinajstić information content (AvgIpc) is 3.17. The molecule has 1 heterocycles. The Morgan fingerprint density at radius 1 is 0.926 bits per heavy atom. The predicted molar refractivity (Wildman–Crippen MR) is 106 cm³/mol. The molecule has 138 valence electrons. The van der Waals surface area contributed by atoms with Crippen LogP contribution < -0.4 is 15.2 Å². The van der Waals surface area contributed by atoms with Crippen LogP contribution in [0.4, 0.5) is 5.69 Å². The summed E-state index contributed by atoms with van der Waals surface area (Å²) in [7, 11) is 0. The molecular formula is C23H23NO3. The maximum Gasteiger partial charge on any atom is 0.231 e. The summed E-state index contributed by atoms with van der Waals surface area (Å²) in [5, 5.41) is 9.35. The van der Waals surface area contributed by atoms with Crippen molar-refractivity contribution in [3.05, 3.63) is 89.0 Å². The number of nitrogen functional groups attached to an aromatic ring is 1. The van der Waals surface area contributed by atoms with E-state index in [9.17, 15) is 5.11 Å². The van der Waals surface area contributed by atoms with E-state index in [1.54, 1.807) is 0 Å². The second-order valence-electron chi connectivity index (χ2n) is 6.75. The molecule has 1 aliphatic rings. The van der Waals surface area contributed by atoms with Crippen molar-refractivity contribution in [2.45, 2.75) is 18.8 Å². The molecule has 0 fully saturated rings. The van der Waals surface area contributed by atoms with Crippen molar-refractivity contribution in [1.82, 2.24) is 0 Å². The Labute approximate surface area is 159 Å². The fourth-order valence-corrected chi connectivity index (χ4v) is 3.66. The summed E-state index contributed by atoms with van der Waals surface area (Å²) in [6.45, 7) is 0.345. The summed E-state index contributed by atoms with van der Waals surface area (Å²) >= 11 is 0. The predicted octanol–water partition coefficient (Wildman–Crippen LogP) is 3.91. The van der Waals surface area contributed by atoms with Crippen LogP contribution in [0.3, 0.4) is 0 Å². The van der Waals surface area contributed by atoms with E-state index in [0.717, 1.165) is 40.3 Å². The molecule has 0 amide bonds. The van der Waals surface area contributed by atoms with Crippen LogP contribution in [-0.4, -0.2) is 18.5 Å². The van der Waals surface area contributed by atoms with Gasteiger partial charge in [-0.3, -0.25) is 0 Å². The Morgan fingerprint density at radius 2 is 1.74 bits per heavy atom. The molecule has 0 saturated carbocycles. The summed E-state index contributed by atoms with van der Waals surface area (Å²) < 4.78 is 11.0. The lowest BCUT2D eigenvalue weighted by Crippen LogP contribution is -2.10. The monoisotopic (exact) mass is 361 g/mol. The number of anilines is 1. The van der Waals surface area contributed by atoms with Crippen LogP contribution in [0.2, 0.25) is 0 Å². The van der Waals surface area contributed by atoms with Crippen LogP contribution in [0, 0.1) is 0 Å². The SMILES string of the molecule is Nc1c(CCO)cccc1C(Cc1ccccc1)c1ccc2c(c1)OCO2. The van der Waals surface area contributed by atoms with Crippen molar-refractivity contribution in [1.29, 1.82) is 0 Å². The van der Waals surface area contributed by atoms with E-state index in [2.05, 4.69) is 36.4 Å². The van der Waals surface area contributed by atoms with Crippen LogP contribution >= 0.6 is 0 Å². The Kier molecular flexibility index (Phi) is 4.99. The lowest BCUT2D eigenvalue weighted by Gasteiger charge is -2.22. The zero-order chi connectivity index (χ0) is 18.6. The van der Waals surface area contributed by atoms with E-state index in [1.807, 2.05) is 30.3 Å². The number of para-hydroxylation sites is 1. The van der Waals surface area contributed by atoms with Crippen molar-refractivity contribution in [3.63, 3.8) is 0 Å². The molecule has 27 heavy (non-hydrogen) atoms. The lowest BCUT2D eigenvalue weighted by atomic mass is 9.84. The maximum absolute atomic E-state index is 9.35. The van der Waals surface area contributed by atoms with Crippen molar-refractivity contribution in [3.8, 4) is 11.5 Å². The van der Waals surface area contributed by atoms with E-state index < -0.39 is 0 Å². The number of benzene rings is 3. The highest BCUT2D eigenvalue weighted by molar-refractivity contribution is 5.59. The van der Waals surface area contributed by atoms with Crippen LogP contribution in [0.1, 0.15) is 28.2 Å². The summed E-state index contributed by atoms with van der Waals surface area (Å²) in [6, 6.07) is 22.6. The van der Waals surface area contributed by atoms with E-state index in [4.69, 9.17) is 15.2 Å². The van der Waals surface area contributed by atoms with Gasteiger partial charge in [-0.15, -0.1) is 0 Å². The Balaban J connectivity index is 1.78. The summed E-state index contributed by atoms with van der Waals surface area (Å²) in [5.74, 6) is 1.63. The highest BCUT2D eigenvalue weighted by Gasteiger charge is 2.22. The minimum Gasteiger partial charge on any atom is -0.454 e. The van der Waals surface area contributed by atoms with Gasteiger partial charge in [0.25, 0.3) is 0 Å². The van der Waals surface area contributed by atoms with Crippen molar-refractivity contribution >= 4 is 5.69 Å². The van der Waals surface area contributed by atoms with Gasteiger partial charge in [0.1, 0.15) is 0 Å². The van der Waals surface area contributed by atoms with Gasteiger partial charge in [-0.25, -0.2) is 0 Å². The summed E-state index contributed by atoms with van der Waals surface area (Å²) in [6.07, 6.45) is 1.38. The molecule has 3 aromatic carbocycles. The molecule has 0 aliphatic carbocycles. The first-order chi connectivity index (χ1) is 13.3. The molecule has 0 spiro atoms. The Hall–Kier alpha value is -2.98. The first-order valence-electron chi connectivity index (χ1n) is 9.18. The zero-order valence-electron chi connectivity index (χ0n) is 15.1. The smallest absolute Gasteiger partial charge is 0.231 e. The van der Waals surface area contributed by atoms with Gasteiger partial charge in [-0.1, -0.05) is 54.6 Å². The molecule has 3 aromatic rings. The second-order valence-corrected chi connectivity index (χ2v) is 6.75. The first kappa shape index (κ1) is 17.4. The molecule has 4 nitrogen and oxygen atoms in total. The molecule has 0 radical (unpaired) electrons. The quantitative estimate of drug-likeness (QED) is 0.654. The number of hydrogen-bond acceptors (Lipinski definition) is 4. The molecular weight excluding hydrogens is 338 g/mol. The molecule has 0 aromatic heterocycles. The molecule has 0 saturated heterocycles. The van der Waals surface area contributed by atoms with Gasteiger partial charge in [0.2, 0.25) is 6.79 Å². The van der Waals surface area contributed by atoms with Crippen LogP contribution in [0.5, 0.6) is 11.5 Å². The molecule has 4 rings (SSSR count). The summed E-state index contributed by atoms with van der Waals surface area (Å²) in [4.78, 5) is 0. The third-order valence-electron chi connectivity index (χ3n) is 5.07. The number of hydrogen-bond donors (Lipinski definition) is 2. The summed E-state index contributed by atoms with van der Waals surface area (Å²) in [5.41, 5.74) is 11.7. The standard InChI is InChI=1S/C23H23NO3/c24-23-17(11-12-25)7-4-8-19(23)20(13-16-5-2-1-3-6-16)18-9-10-21-22(14-18)27-15-26-21/h1-10,14,20,25H,11-13,15,24H2. The van der Waals surface area contributed by atoms with Crippen LogP contribution in [0.15, 0.2) is 66.7 Å². The number of fused-ring (bicyclic) bond motifs is 1. The minimum atomic E-state index is 0.0838. The number of rotatable bonds is 6. The van der Waals surface area contributed by atoms with Gasteiger partial charge in [0.05, 0.1) is 0 Å². The van der Waals surface area contributed by atoms with Gasteiger partial charge in [0.15, 0.2) is 11.5 Å². The van der Waals surface area contributed by atoms with E-state index in [-0.39, 0.29) is 19.3 Å². The van der Waals surface area contributed by atoms with Gasteiger partial charge < -0.3 is 20.3 Å². The number of aliphatic hydroxyl groups excluding tert-OH is 1. The van der Waals surface area contributed by atoms with Gasteiger partial charge in [-0.05, 0) is 47.2 Å². The first-order valence-corrected chi connectivity index (χ1v) is 9.18. The van der Waals surface area contributed by atoms with Gasteiger partial charge in [0, 0.05) is 18.2 Å². The number of aliphatic hydroxyl groups is 1. The van der Waals surface area contributed by atoms with E-state index in [0.29, 0.717) is 6.42 Å². The number of ether oxygens (including phenoxy) is 2. The average molecular weight is 361 g/mol. The fraction of sp³-hybridized carbons (Fsp3) is 0.217. The van der Waals surface area contributed by atoms with E-state index in [1.165, 1.54) is 5.56 Å². The van der Waals surface area contributed by atoms with Crippen LogP contribution in [-0.2, 0) is 12.8 Å². The molecule has 1 unspecified atom stereocenters. The highest BCUT2D eigenvalue weighted by atomic mass is 16.7. The van der Waals surface area contributed by atoms with Crippen molar-refractivity contribution in [2.75, 3.05) is 19.1 Å². The van der Waals surface area contributed by atoms with Crippen molar-refractivity contribution < 1.29 is 14.6 Å². The molecule has 4 heteroatoms. The molecule has 1 aliphatic heterocycles.